The van der Waals surface area contributed by atoms with Crippen molar-refractivity contribution >= 4 is 84.5 Å². The number of carbonyl (C=O) groups is 1. The number of thiazole rings is 1. The minimum atomic E-state index is -0.820. The van der Waals surface area contributed by atoms with Gasteiger partial charge in [-0.1, -0.05) is 39.9 Å². The number of allylic oxidation sites excluding steroid dienone is 1. The number of aromatic nitrogens is 1. The van der Waals surface area contributed by atoms with E-state index in [4.69, 9.17) is 18.9 Å². The van der Waals surface area contributed by atoms with Gasteiger partial charge in [-0.25, -0.2) is 9.79 Å². The maximum absolute atomic E-state index is 14.1. The van der Waals surface area contributed by atoms with Crippen LogP contribution in [0.15, 0.2) is 62.5 Å². The van der Waals surface area contributed by atoms with Gasteiger partial charge in [-0.2, -0.15) is 0 Å². The van der Waals surface area contributed by atoms with Crippen LogP contribution in [0.3, 0.4) is 0 Å². The molecule has 2 heterocycles. The van der Waals surface area contributed by atoms with Crippen LogP contribution < -0.4 is 29.1 Å². The summed E-state index contributed by atoms with van der Waals surface area (Å²) in [5.41, 5.74) is 1.83. The Hall–Kier alpha value is -2.17. The van der Waals surface area contributed by atoms with Gasteiger partial charge in [0.05, 0.1) is 46.2 Å². The Labute approximate surface area is 270 Å². The molecular weight excluding hydrogens is 826 g/mol. The molecule has 0 saturated heterocycles. The predicted molar refractivity (Wildman–Crippen MR) is 175 cm³/mol. The monoisotopic (exact) mass is 850 g/mol. The molecular formula is C28H25BrI2N2O6S. The minimum absolute atomic E-state index is 0.179. The van der Waals surface area contributed by atoms with Crippen molar-refractivity contribution in [2.45, 2.75) is 19.9 Å². The van der Waals surface area contributed by atoms with Crippen LogP contribution in [-0.2, 0) is 9.53 Å². The summed E-state index contributed by atoms with van der Waals surface area (Å²) in [7, 11) is 3.07. The molecule has 0 spiro atoms. The first kappa shape index (κ1) is 30.8. The highest BCUT2D eigenvalue weighted by Gasteiger charge is 2.35. The highest BCUT2D eigenvalue weighted by molar-refractivity contribution is 14.1. The number of methoxy groups -OCH3 is 2. The molecule has 0 amide bonds. The van der Waals surface area contributed by atoms with Gasteiger partial charge in [0.15, 0.2) is 16.3 Å². The number of esters is 1. The fourth-order valence-electron chi connectivity index (χ4n) is 4.29. The Kier molecular flexibility index (Phi) is 10.2. The van der Waals surface area contributed by atoms with E-state index in [1.165, 1.54) is 23.0 Å². The minimum Gasteiger partial charge on any atom is -0.493 e. The van der Waals surface area contributed by atoms with Crippen LogP contribution in [-0.4, -0.2) is 38.0 Å². The Morgan fingerprint density at radius 2 is 1.90 bits per heavy atom. The molecule has 40 heavy (non-hydrogen) atoms. The fourth-order valence-corrected chi connectivity index (χ4v) is 7.91. The van der Waals surface area contributed by atoms with Gasteiger partial charge >= 0.3 is 5.97 Å². The summed E-state index contributed by atoms with van der Waals surface area (Å²) in [5, 5.41) is 0. The van der Waals surface area contributed by atoms with E-state index in [9.17, 15) is 9.59 Å². The summed E-state index contributed by atoms with van der Waals surface area (Å²) in [6.45, 7) is 7.72. The third kappa shape index (κ3) is 6.04. The van der Waals surface area contributed by atoms with Gasteiger partial charge < -0.3 is 18.9 Å². The molecule has 0 radical (unpaired) electrons. The first-order chi connectivity index (χ1) is 19.1. The van der Waals surface area contributed by atoms with Gasteiger partial charge in [0.1, 0.15) is 12.4 Å². The van der Waals surface area contributed by atoms with Crippen LogP contribution in [0, 0.1) is 7.14 Å². The van der Waals surface area contributed by atoms with Crippen molar-refractivity contribution < 1.29 is 23.7 Å². The maximum Gasteiger partial charge on any atom is 0.338 e. The summed E-state index contributed by atoms with van der Waals surface area (Å²) in [4.78, 5) is 32.5. The van der Waals surface area contributed by atoms with Crippen LogP contribution in [0.1, 0.15) is 31.0 Å². The molecule has 3 aromatic rings. The van der Waals surface area contributed by atoms with Crippen LogP contribution in [0.2, 0.25) is 0 Å². The zero-order valence-electron chi connectivity index (χ0n) is 22.0. The molecule has 0 saturated carbocycles. The predicted octanol–water partition coefficient (Wildman–Crippen LogP) is 5.35. The van der Waals surface area contributed by atoms with Crippen molar-refractivity contribution in [3.63, 3.8) is 0 Å². The van der Waals surface area contributed by atoms with Gasteiger partial charge in [0.25, 0.3) is 5.56 Å². The summed E-state index contributed by atoms with van der Waals surface area (Å²) < 4.78 is 26.9. The molecule has 2 aromatic carbocycles. The van der Waals surface area contributed by atoms with E-state index < -0.39 is 12.0 Å². The number of benzene rings is 2. The number of hydrogen-bond donors (Lipinski definition) is 0. The molecule has 0 aliphatic carbocycles. The van der Waals surface area contributed by atoms with Gasteiger partial charge in [-0.3, -0.25) is 9.36 Å². The van der Waals surface area contributed by atoms with Crippen molar-refractivity contribution in [2.75, 3.05) is 27.4 Å². The van der Waals surface area contributed by atoms with Gasteiger partial charge in [-0.15, -0.1) is 0 Å². The zero-order chi connectivity index (χ0) is 29.1. The topological polar surface area (TPSA) is 88.3 Å². The molecule has 12 heteroatoms. The number of halogens is 3. The summed E-state index contributed by atoms with van der Waals surface area (Å²) >= 11 is 9.32. The van der Waals surface area contributed by atoms with E-state index in [0.717, 1.165) is 12.7 Å². The number of nitrogens with zero attached hydrogens (tertiary/aromatic N) is 2. The molecule has 210 valence electrons. The number of fused-ring (bicyclic) bond motifs is 1. The number of ether oxygens (including phenoxy) is 4. The lowest BCUT2D eigenvalue weighted by molar-refractivity contribution is -0.139. The third-order valence-electron chi connectivity index (χ3n) is 5.98. The Morgan fingerprint density at radius 3 is 2.55 bits per heavy atom. The van der Waals surface area contributed by atoms with Crippen molar-refractivity contribution in [3.05, 3.63) is 90.6 Å². The summed E-state index contributed by atoms with van der Waals surface area (Å²) in [6.07, 6.45) is 3.48. The second kappa shape index (κ2) is 13.2. The van der Waals surface area contributed by atoms with Crippen LogP contribution in [0.5, 0.6) is 17.2 Å². The average molecular weight is 851 g/mol. The smallest absolute Gasteiger partial charge is 0.338 e. The highest BCUT2D eigenvalue weighted by Crippen LogP contribution is 2.41. The second-order valence-corrected chi connectivity index (χ2v) is 12.7. The molecule has 0 unspecified atom stereocenters. The molecule has 1 atom stereocenters. The summed E-state index contributed by atoms with van der Waals surface area (Å²) in [6, 6.07) is 6.64. The first-order valence-electron chi connectivity index (χ1n) is 12.0. The lowest BCUT2D eigenvalue weighted by Crippen LogP contribution is -2.40. The molecule has 1 aliphatic heterocycles. The molecule has 1 aromatic heterocycles. The Bertz CT molecular complexity index is 1710. The summed E-state index contributed by atoms with van der Waals surface area (Å²) in [5.74, 6) is 1.08. The third-order valence-corrected chi connectivity index (χ3v) is 9.08. The molecule has 0 fully saturated rings. The molecule has 0 bridgehead atoms. The largest absolute Gasteiger partial charge is 0.493 e. The zero-order valence-corrected chi connectivity index (χ0v) is 28.8. The van der Waals surface area contributed by atoms with Crippen LogP contribution >= 0.6 is 72.4 Å². The van der Waals surface area contributed by atoms with Crippen molar-refractivity contribution in [3.8, 4) is 17.2 Å². The highest BCUT2D eigenvalue weighted by atomic mass is 127. The van der Waals surface area contributed by atoms with E-state index >= 15 is 0 Å². The van der Waals surface area contributed by atoms with Gasteiger partial charge in [-0.05, 0) is 94.9 Å². The second-order valence-electron chi connectivity index (χ2n) is 8.44. The maximum atomic E-state index is 14.1. The number of rotatable bonds is 9. The Morgan fingerprint density at radius 1 is 1.20 bits per heavy atom. The van der Waals surface area contributed by atoms with E-state index in [1.807, 2.05) is 12.1 Å². The fraction of sp³-hybridized carbons (Fsp3) is 0.250. The van der Waals surface area contributed by atoms with Crippen molar-refractivity contribution in [2.24, 2.45) is 4.99 Å². The van der Waals surface area contributed by atoms with Crippen molar-refractivity contribution in [1.82, 2.24) is 4.57 Å². The number of hydrogen-bond acceptors (Lipinski definition) is 8. The Balaban J connectivity index is 2.02. The van der Waals surface area contributed by atoms with Crippen molar-refractivity contribution in [1.29, 1.82) is 0 Å². The molecule has 0 N–H and O–H groups in total. The van der Waals surface area contributed by atoms with Gasteiger partial charge in [0, 0.05) is 13.6 Å². The number of carbonyl (C=O) groups excluding carboxylic acids is 1. The lowest BCUT2D eigenvalue weighted by atomic mass is 9.95. The van der Waals surface area contributed by atoms with Crippen LogP contribution in [0.4, 0.5) is 0 Å². The normalized spacial score (nSPS) is 14.9. The van der Waals surface area contributed by atoms with Crippen LogP contribution in [0.25, 0.3) is 6.08 Å². The SMILES string of the molecule is C=CCOc1c(I)cc(I)cc1/C=c1\sc2n(c1=O)[C@H](c1cc(OC)c(OC)cc1Br)C(C(=O)OCC)=C(C)N=2. The molecule has 8 nitrogen and oxygen atoms in total. The van der Waals surface area contributed by atoms with E-state index in [1.54, 1.807) is 45.2 Å². The molecule has 4 rings (SSSR count). The van der Waals surface area contributed by atoms with E-state index in [-0.39, 0.29) is 17.7 Å². The average Bonchev–Trinajstić information content (AvgIpc) is 3.21. The van der Waals surface area contributed by atoms with E-state index in [0.29, 0.717) is 48.9 Å². The molecule has 1 aliphatic rings. The lowest BCUT2D eigenvalue weighted by Gasteiger charge is -2.26. The quantitative estimate of drug-likeness (QED) is 0.164. The first-order valence-corrected chi connectivity index (χ1v) is 15.8. The van der Waals surface area contributed by atoms with E-state index in [2.05, 4.69) is 72.7 Å². The standard InChI is InChI=1S/C28H25BrI2N2O6S/c1-6-8-39-25-15(9-16(30)11-19(25)31)10-22-26(34)33-24(17-12-20(36-4)21(37-5)13-18(17)29)23(27(35)38-7-2)14(3)32-28(33)40-22/h6,9-13,24H,1,7-8H2,2-5H3/b22-10-/t24-/m1/s1. The van der Waals surface area contributed by atoms with Gasteiger partial charge in [0.2, 0.25) is 0 Å².